The number of benzene rings is 1. The van der Waals surface area contributed by atoms with Crippen LogP contribution in [0.25, 0.3) is 0 Å². The van der Waals surface area contributed by atoms with Crippen LogP contribution in [-0.4, -0.2) is 17.8 Å². The topological polar surface area (TPSA) is 95.4 Å². The van der Waals surface area contributed by atoms with E-state index in [9.17, 15) is 10.0 Å². The Hall–Kier alpha value is -1.83. The monoisotopic (exact) mass is 256 g/mol. The van der Waals surface area contributed by atoms with Gasteiger partial charge < -0.3 is 15.8 Å². The van der Waals surface area contributed by atoms with Crippen LogP contribution in [0, 0.1) is 5.21 Å². The molecule has 1 atom stereocenters. The third-order valence-corrected chi connectivity index (χ3v) is 2.30. The number of anilines is 1. The quantitative estimate of drug-likeness (QED) is 0.547. The molecule has 0 fully saturated rings. The van der Waals surface area contributed by atoms with Crippen LogP contribution in [0.4, 0.5) is 11.4 Å². The summed E-state index contributed by atoms with van der Waals surface area (Å²) in [4.78, 5) is 16.0. The fourth-order valence-corrected chi connectivity index (χ4v) is 1.44. The van der Waals surface area contributed by atoms with Crippen molar-refractivity contribution in [2.75, 3.05) is 10.9 Å². The summed E-state index contributed by atoms with van der Waals surface area (Å²) >= 11 is 5.33. The number of carbonyl (C=O) groups is 1. The van der Waals surface area contributed by atoms with Crippen molar-refractivity contribution in [3.63, 3.8) is 0 Å². The van der Waals surface area contributed by atoms with Crippen molar-refractivity contribution in [1.29, 1.82) is 0 Å². The SMILES string of the molecule is NC1=N[NH+]([O-])c2ccccc2N1OC(=O)CCl. The number of halogens is 1. The molecule has 17 heavy (non-hydrogen) atoms. The summed E-state index contributed by atoms with van der Waals surface area (Å²) in [5.41, 5.74) is 6.20. The average Bonchev–Trinajstić information content (AvgIpc) is 2.34. The first kappa shape index (κ1) is 11.6. The fourth-order valence-electron chi connectivity index (χ4n) is 1.39. The highest BCUT2D eigenvalue weighted by Gasteiger charge is 2.28. The first-order chi connectivity index (χ1) is 8.13. The van der Waals surface area contributed by atoms with Crippen LogP contribution in [0.1, 0.15) is 0 Å². The molecule has 1 aliphatic heterocycles. The molecule has 0 bridgehead atoms. The van der Waals surface area contributed by atoms with Crippen LogP contribution >= 0.6 is 11.6 Å². The number of hydrogen-bond acceptors (Lipinski definition) is 6. The van der Waals surface area contributed by atoms with Gasteiger partial charge in [0.2, 0.25) is 0 Å². The zero-order chi connectivity index (χ0) is 12.4. The zero-order valence-electron chi connectivity index (χ0n) is 8.59. The van der Waals surface area contributed by atoms with Gasteiger partial charge in [-0.2, -0.15) is 0 Å². The molecule has 7 nitrogen and oxygen atoms in total. The Labute approximate surface area is 102 Å². The second-order valence-corrected chi connectivity index (χ2v) is 3.45. The first-order valence-corrected chi connectivity index (χ1v) is 5.21. The summed E-state index contributed by atoms with van der Waals surface area (Å²) in [5.74, 6) is -1.21. The molecule has 90 valence electrons. The van der Waals surface area contributed by atoms with Crippen LogP contribution in [0.5, 0.6) is 0 Å². The van der Waals surface area contributed by atoms with Crippen LogP contribution in [0.2, 0.25) is 0 Å². The standard InChI is InChI=1S/C9H9ClN4O3/c10-5-8(15)17-13-6-3-1-2-4-7(6)14(16)12-9(13)11/h1-4,14H,5H2,(H2,11,12). The van der Waals surface area contributed by atoms with Crippen molar-refractivity contribution < 1.29 is 14.8 Å². The van der Waals surface area contributed by atoms with Gasteiger partial charge in [0.15, 0.2) is 5.69 Å². The van der Waals surface area contributed by atoms with Gasteiger partial charge in [-0.15, -0.1) is 16.7 Å². The minimum atomic E-state index is -0.686. The maximum absolute atomic E-state index is 11.5. The Morgan fingerprint density at radius 1 is 1.59 bits per heavy atom. The highest BCUT2D eigenvalue weighted by Crippen LogP contribution is 2.24. The van der Waals surface area contributed by atoms with Crippen LogP contribution < -0.4 is 16.0 Å². The van der Waals surface area contributed by atoms with Gasteiger partial charge in [-0.05, 0) is 11.2 Å². The molecule has 0 saturated carbocycles. The number of alkyl halides is 1. The van der Waals surface area contributed by atoms with E-state index in [-0.39, 0.29) is 11.8 Å². The van der Waals surface area contributed by atoms with Gasteiger partial charge in [-0.25, -0.2) is 9.97 Å². The van der Waals surface area contributed by atoms with Crippen LogP contribution in [0.3, 0.4) is 0 Å². The van der Waals surface area contributed by atoms with E-state index >= 15 is 0 Å². The highest BCUT2D eigenvalue weighted by molar-refractivity contribution is 6.26. The molecule has 3 N–H and O–H groups in total. The minimum Gasteiger partial charge on any atom is -0.601 e. The fraction of sp³-hybridized carbons (Fsp3) is 0.111. The number of nitrogens with one attached hydrogen (secondary N) is 1. The molecule has 0 saturated heterocycles. The molecule has 1 aromatic carbocycles. The van der Waals surface area contributed by atoms with Gasteiger partial charge in [-0.1, -0.05) is 12.1 Å². The third kappa shape index (κ3) is 2.16. The molecule has 0 amide bonds. The zero-order valence-corrected chi connectivity index (χ0v) is 9.35. The van der Waals surface area contributed by atoms with Gasteiger partial charge in [0.25, 0.3) is 5.96 Å². The smallest absolute Gasteiger partial charge is 0.347 e. The number of quaternary nitrogens is 1. The molecule has 8 heteroatoms. The maximum Gasteiger partial charge on any atom is 0.347 e. The predicted octanol–water partition coefficient (Wildman–Crippen LogP) is -0.552. The van der Waals surface area contributed by atoms with Crippen LogP contribution in [-0.2, 0) is 9.63 Å². The molecule has 1 aromatic rings. The molecular weight excluding hydrogens is 248 g/mol. The first-order valence-electron chi connectivity index (χ1n) is 4.68. The number of nitrogens with two attached hydrogens (primary N) is 1. The minimum absolute atomic E-state index is 0.202. The van der Waals surface area contributed by atoms with Gasteiger partial charge in [-0.3, -0.25) is 0 Å². The Kier molecular flexibility index (Phi) is 3.14. The highest BCUT2D eigenvalue weighted by atomic mass is 35.5. The molecule has 0 spiro atoms. The lowest BCUT2D eigenvalue weighted by atomic mass is 10.2. The molecule has 0 aliphatic carbocycles. The van der Waals surface area contributed by atoms with Crippen LogP contribution in [0.15, 0.2) is 29.4 Å². The molecule has 0 radical (unpaired) electrons. The van der Waals surface area contributed by atoms with Crippen molar-refractivity contribution in [2.24, 2.45) is 10.8 Å². The molecule has 1 unspecified atom stereocenters. The van der Waals surface area contributed by atoms with E-state index in [0.717, 1.165) is 5.06 Å². The Morgan fingerprint density at radius 3 is 3.00 bits per heavy atom. The summed E-state index contributed by atoms with van der Waals surface area (Å²) in [5, 5.41) is 15.6. The lowest BCUT2D eigenvalue weighted by molar-refractivity contribution is -0.784. The molecule has 0 aromatic heterocycles. The summed E-state index contributed by atoms with van der Waals surface area (Å²) in [6.45, 7) is 0. The number of carbonyl (C=O) groups excluding carboxylic acids is 1. The second-order valence-electron chi connectivity index (χ2n) is 3.18. The summed E-state index contributed by atoms with van der Waals surface area (Å²) in [7, 11) is 0. The molecule has 2 rings (SSSR count). The van der Waals surface area contributed by atoms with E-state index in [2.05, 4.69) is 5.10 Å². The number of nitrogens with zero attached hydrogens (tertiary/aromatic N) is 2. The van der Waals surface area contributed by atoms with Gasteiger partial charge in [0.05, 0.1) is 0 Å². The van der Waals surface area contributed by atoms with Gasteiger partial charge >= 0.3 is 5.97 Å². The number of guanidine groups is 1. The van der Waals surface area contributed by atoms with E-state index in [4.69, 9.17) is 22.2 Å². The van der Waals surface area contributed by atoms with Crippen molar-refractivity contribution in [3.05, 3.63) is 29.5 Å². The number of hydroxylamine groups is 1. The Balaban J connectivity index is 2.37. The van der Waals surface area contributed by atoms with Crippen molar-refractivity contribution >= 4 is 34.9 Å². The summed E-state index contributed by atoms with van der Waals surface area (Å²) in [6.07, 6.45) is 0. The largest absolute Gasteiger partial charge is 0.601 e. The summed E-state index contributed by atoms with van der Waals surface area (Å²) < 4.78 is 0. The van der Waals surface area contributed by atoms with Gasteiger partial charge in [0.1, 0.15) is 11.6 Å². The summed E-state index contributed by atoms with van der Waals surface area (Å²) in [6, 6.07) is 6.52. The third-order valence-electron chi connectivity index (χ3n) is 2.08. The number of para-hydroxylation sites is 1. The predicted molar refractivity (Wildman–Crippen MR) is 61.3 cm³/mol. The molecular formula is C9H9ClN4O3. The molecule has 1 aliphatic rings. The van der Waals surface area contributed by atoms with E-state index < -0.39 is 11.1 Å². The maximum atomic E-state index is 11.5. The van der Waals surface area contributed by atoms with Gasteiger partial charge in [0, 0.05) is 6.07 Å². The number of hydrogen-bond donors (Lipinski definition) is 2. The van der Waals surface area contributed by atoms with E-state index in [1.165, 1.54) is 0 Å². The lowest BCUT2D eigenvalue weighted by Gasteiger charge is -2.29. The number of fused-ring (bicyclic) bond motifs is 1. The van der Waals surface area contributed by atoms with Crippen molar-refractivity contribution in [2.45, 2.75) is 0 Å². The van der Waals surface area contributed by atoms with Crippen molar-refractivity contribution in [3.8, 4) is 0 Å². The Morgan fingerprint density at radius 2 is 2.29 bits per heavy atom. The molecule has 1 heterocycles. The van der Waals surface area contributed by atoms with E-state index in [1.807, 2.05) is 0 Å². The van der Waals surface area contributed by atoms with Crippen molar-refractivity contribution in [1.82, 2.24) is 0 Å². The van der Waals surface area contributed by atoms with E-state index in [1.54, 1.807) is 24.3 Å². The average molecular weight is 257 g/mol. The lowest BCUT2D eigenvalue weighted by Crippen LogP contribution is -2.98. The normalized spacial score (nSPS) is 18.4. The number of rotatable bonds is 2. The van der Waals surface area contributed by atoms with E-state index in [0.29, 0.717) is 11.4 Å². The Bertz CT molecular complexity index is 479. The second kappa shape index (κ2) is 4.58.